The van der Waals surface area contributed by atoms with Gasteiger partial charge in [0.2, 0.25) is 5.89 Å². The zero-order valence-corrected chi connectivity index (χ0v) is 13.0. The Hall–Kier alpha value is -1.40. The van der Waals surface area contributed by atoms with Crippen LogP contribution < -0.4 is 11.1 Å². The minimum absolute atomic E-state index is 0.194. The minimum atomic E-state index is -0.263. The predicted molar refractivity (Wildman–Crippen MR) is 80.9 cm³/mol. The second kappa shape index (κ2) is 7.56. The second-order valence-corrected chi connectivity index (χ2v) is 5.79. The summed E-state index contributed by atoms with van der Waals surface area (Å²) >= 11 is 0. The van der Waals surface area contributed by atoms with Crippen molar-refractivity contribution >= 4 is 5.91 Å². The van der Waals surface area contributed by atoms with Gasteiger partial charge in [-0.3, -0.25) is 4.79 Å². The molecule has 2 unspecified atom stereocenters. The Morgan fingerprint density at radius 1 is 1.52 bits per heavy atom. The molecule has 3 N–H and O–H groups in total. The van der Waals surface area contributed by atoms with Crippen LogP contribution in [0, 0.1) is 5.92 Å². The highest BCUT2D eigenvalue weighted by Gasteiger charge is 2.21. The van der Waals surface area contributed by atoms with E-state index in [1.807, 2.05) is 6.92 Å². The molecule has 2 rings (SSSR count). The zero-order valence-electron chi connectivity index (χ0n) is 13.0. The van der Waals surface area contributed by atoms with Gasteiger partial charge >= 0.3 is 0 Å². The van der Waals surface area contributed by atoms with Crippen LogP contribution in [-0.2, 0) is 0 Å². The molecule has 0 saturated carbocycles. The number of oxazole rings is 1. The first-order valence-electron chi connectivity index (χ1n) is 7.83. The Bertz CT molecular complexity index is 454. The van der Waals surface area contributed by atoms with E-state index in [0.29, 0.717) is 18.1 Å². The van der Waals surface area contributed by atoms with Crippen molar-refractivity contribution in [3.8, 4) is 0 Å². The summed E-state index contributed by atoms with van der Waals surface area (Å²) in [6, 6.07) is -0.263. The first-order chi connectivity index (χ1) is 10.1. The predicted octanol–water partition coefficient (Wildman–Crippen LogP) is 1.55. The quantitative estimate of drug-likeness (QED) is 0.797. The molecule has 6 nitrogen and oxygen atoms in total. The molecule has 118 valence electrons. The first-order valence-corrected chi connectivity index (χ1v) is 7.83. The summed E-state index contributed by atoms with van der Waals surface area (Å²) in [7, 11) is 0. The molecule has 1 aromatic heterocycles. The van der Waals surface area contributed by atoms with Crippen LogP contribution in [0.5, 0.6) is 0 Å². The Morgan fingerprint density at radius 3 is 2.90 bits per heavy atom. The number of nitrogens with one attached hydrogen (secondary N) is 1. The van der Waals surface area contributed by atoms with Crippen LogP contribution in [0.25, 0.3) is 0 Å². The first kappa shape index (κ1) is 16.0. The Morgan fingerprint density at radius 2 is 2.24 bits per heavy atom. The normalized spacial score (nSPS) is 18.6. The number of carbonyl (C=O) groups excluding carboxylic acids is 1. The fraction of sp³-hybridized carbons (Fsp3) is 0.733. The number of rotatable bonds is 7. The van der Waals surface area contributed by atoms with Gasteiger partial charge in [0.1, 0.15) is 6.26 Å². The third-order valence-electron chi connectivity index (χ3n) is 4.21. The van der Waals surface area contributed by atoms with Gasteiger partial charge in [0.25, 0.3) is 5.91 Å². The Kier molecular flexibility index (Phi) is 5.76. The fourth-order valence-electron chi connectivity index (χ4n) is 2.47. The van der Waals surface area contributed by atoms with Gasteiger partial charge in [-0.15, -0.1) is 0 Å². The van der Waals surface area contributed by atoms with Crippen LogP contribution in [0.4, 0.5) is 0 Å². The minimum Gasteiger partial charge on any atom is -0.446 e. The molecule has 21 heavy (non-hydrogen) atoms. The summed E-state index contributed by atoms with van der Waals surface area (Å²) in [5.74, 6) is 0.518. The second-order valence-electron chi connectivity index (χ2n) is 5.79. The van der Waals surface area contributed by atoms with Crippen molar-refractivity contribution in [2.24, 2.45) is 11.7 Å². The highest BCUT2D eigenvalue weighted by Crippen LogP contribution is 2.21. The number of amides is 1. The average Bonchev–Trinajstić information content (AvgIpc) is 3.16. The number of hydrogen-bond acceptors (Lipinski definition) is 5. The molecule has 0 spiro atoms. The summed E-state index contributed by atoms with van der Waals surface area (Å²) < 4.78 is 5.34. The number of nitrogens with zero attached hydrogens (tertiary/aromatic N) is 2. The molecular formula is C15H26N4O2. The lowest BCUT2D eigenvalue weighted by atomic mass is 10.0. The van der Waals surface area contributed by atoms with Crippen molar-refractivity contribution < 1.29 is 9.21 Å². The van der Waals surface area contributed by atoms with Gasteiger partial charge in [-0.05, 0) is 31.8 Å². The van der Waals surface area contributed by atoms with E-state index in [2.05, 4.69) is 22.1 Å². The number of carbonyl (C=O) groups is 1. The van der Waals surface area contributed by atoms with Crippen LogP contribution in [-0.4, -0.2) is 42.0 Å². The van der Waals surface area contributed by atoms with Crippen LogP contribution >= 0.6 is 0 Å². The molecule has 1 aliphatic rings. The molecule has 1 amide bonds. The van der Waals surface area contributed by atoms with Crippen LogP contribution in [0.1, 0.15) is 55.5 Å². The molecule has 2 atom stereocenters. The van der Waals surface area contributed by atoms with Crippen molar-refractivity contribution in [2.75, 3.05) is 26.2 Å². The van der Waals surface area contributed by atoms with E-state index in [9.17, 15) is 4.79 Å². The lowest BCUT2D eigenvalue weighted by molar-refractivity contribution is 0.0944. The van der Waals surface area contributed by atoms with Crippen LogP contribution in [0.2, 0.25) is 0 Å². The molecule has 0 aromatic carbocycles. The van der Waals surface area contributed by atoms with E-state index in [4.69, 9.17) is 10.2 Å². The van der Waals surface area contributed by atoms with Crippen molar-refractivity contribution in [1.82, 2.24) is 15.2 Å². The van der Waals surface area contributed by atoms with E-state index < -0.39 is 0 Å². The van der Waals surface area contributed by atoms with Gasteiger partial charge in [-0.1, -0.05) is 20.3 Å². The molecule has 0 aliphatic carbocycles. The topological polar surface area (TPSA) is 84.4 Å². The average molecular weight is 294 g/mol. The molecule has 0 radical (unpaired) electrons. The van der Waals surface area contributed by atoms with E-state index >= 15 is 0 Å². The Labute approximate surface area is 126 Å². The number of nitrogens with two attached hydrogens (primary N) is 1. The van der Waals surface area contributed by atoms with Gasteiger partial charge in [-0.2, -0.15) is 0 Å². The van der Waals surface area contributed by atoms with Gasteiger partial charge in [0, 0.05) is 13.1 Å². The van der Waals surface area contributed by atoms with Gasteiger partial charge in [0.05, 0.1) is 6.04 Å². The molecular weight excluding hydrogens is 268 g/mol. The lowest BCUT2D eigenvalue weighted by Crippen LogP contribution is -2.33. The summed E-state index contributed by atoms with van der Waals surface area (Å²) in [6.07, 6.45) is 4.85. The fourth-order valence-corrected chi connectivity index (χ4v) is 2.47. The lowest BCUT2D eigenvalue weighted by Gasteiger charge is -2.14. The van der Waals surface area contributed by atoms with Gasteiger partial charge in [0.15, 0.2) is 5.69 Å². The number of likely N-dealkylation sites (tertiary alicyclic amines) is 1. The van der Waals surface area contributed by atoms with Crippen molar-refractivity contribution in [2.45, 2.75) is 39.2 Å². The van der Waals surface area contributed by atoms with Gasteiger partial charge in [-0.25, -0.2) is 4.98 Å². The number of hydrogen-bond donors (Lipinski definition) is 2. The largest absolute Gasteiger partial charge is 0.446 e. The maximum Gasteiger partial charge on any atom is 0.273 e. The molecule has 0 bridgehead atoms. The summed E-state index contributed by atoms with van der Waals surface area (Å²) in [5, 5.41) is 2.88. The van der Waals surface area contributed by atoms with Gasteiger partial charge < -0.3 is 20.4 Å². The zero-order chi connectivity index (χ0) is 15.2. The van der Waals surface area contributed by atoms with E-state index in [-0.39, 0.29) is 17.9 Å². The standard InChI is InChI=1S/C15H26N4O2/c1-3-11(2)13(16)15-18-12(10-21-15)14(20)17-6-9-19-7-4-5-8-19/h10-11,13H,3-9,16H2,1-2H3,(H,17,20). The molecule has 1 fully saturated rings. The van der Waals surface area contributed by atoms with Crippen LogP contribution in [0.3, 0.4) is 0 Å². The smallest absolute Gasteiger partial charge is 0.273 e. The summed E-state index contributed by atoms with van der Waals surface area (Å²) in [4.78, 5) is 18.6. The van der Waals surface area contributed by atoms with Crippen molar-refractivity contribution in [3.05, 3.63) is 17.8 Å². The summed E-state index contributed by atoms with van der Waals surface area (Å²) in [6.45, 7) is 7.91. The molecule has 1 aliphatic heterocycles. The highest BCUT2D eigenvalue weighted by molar-refractivity contribution is 5.91. The SMILES string of the molecule is CCC(C)C(N)c1nc(C(=O)NCCN2CCCC2)co1. The molecule has 6 heteroatoms. The van der Waals surface area contributed by atoms with Crippen molar-refractivity contribution in [3.63, 3.8) is 0 Å². The highest BCUT2D eigenvalue weighted by atomic mass is 16.3. The molecule has 2 heterocycles. The van der Waals surface area contributed by atoms with E-state index in [1.165, 1.54) is 19.1 Å². The van der Waals surface area contributed by atoms with Crippen molar-refractivity contribution in [1.29, 1.82) is 0 Å². The number of aromatic nitrogens is 1. The third-order valence-corrected chi connectivity index (χ3v) is 4.21. The van der Waals surface area contributed by atoms with E-state index in [0.717, 1.165) is 26.1 Å². The molecule has 1 saturated heterocycles. The molecule has 1 aromatic rings. The monoisotopic (exact) mass is 294 g/mol. The maximum atomic E-state index is 12.0. The van der Waals surface area contributed by atoms with E-state index in [1.54, 1.807) is 0 Å². The summed E-state index contributed by atoms with van der Waals surface area (Å²) in [5.41, 5.74) is 6.36. The van der Waals surface area contributed by atoms with Crippen LogP contribution in [0.15, 0.2) is 10.7 Å². The third kappa shape index (κ3) is 4.28. The Balaban J connectivity index is 1.81. The maximum absolute atomic E-state index is 12.0.